The van der Waals surface area contributed by atoms with Gasteiger partial charge in [0.05, 0.1) is 11.3 Å². The number of anilines is 1. The van der Waals surface area contributed by atoms with E-state index in [1.54, 1.807) is 13.8 Å². The highest BCUT2D eigenvalue weighted by molar-refractivity contribution is 6.01. The molecule has 1 aromatic rings. The van der Waals surface area contributed by atoms with E-state index in [-0.39, 0.29) is 17.2 Å². The van der Waals surface area contributed by atoms with Crippen LogP contribution in [0.15, 0.2) is 18.2 Å². The Bertz CT molecular complexity index is 477. The molecular weight excluding hydrogens is 249 g/mol. The molecule has 0 bridgehead atoms. The third kappa shape index (κ3) is 3.67. The predicted molar refractivity (Wildman–Crippen MR) is 71.6 cm³/mol. The molecule has 2 amide bonds. The van der Waals surface area contributed by atoms with E-state index in [4.69, 9.17) is 0 Å². The normalized spacial score (nSPS) is 11.6. The Morgan fingerprint density at radius 3 is 2.63 bits per heavy atom. The summed E-state index contributed by atoms with van der Waals surface area (Å²) < 4.78 is 13.5. The van der Waals surface area contributed by atoms with Gasteiger partial charge >= 0.3 is 0 Å². The number of halogens is 1. The van der Waals surface area contributed by atoms with Crippen molar-refractivity contribution in [2.75, 3.05) is 18.9 Å². The SMILES string of the molecule is CCNC(=O)C(C)NC(=O)c1cccc(F)c1NC. The van der Waals surface area contributed by atoms with E-state index in [2.05, 4.69) is 16.0 Å². The molecule has 1 aromatic carbocycles. The summed E-state index contributed by atoms with van der Waals surface area (Å²) in [5, 5.41) is 7.76. The van der Waals surface area contributed by atoms with Crippen molar-refractivity contribution in [2.45, 2.75) is 19.9 Å². The average Bonchev–Trinajstić information content (AvgIpc) is 2.38. The number of hydrogen-bond acceptors (Lipinski definition) is 3. The number of nitrogens with one attached hydrogen (secondary N) is 3. The smallest absolute Gasteiger partial charge is 0.254 e. The zero-order valence-electron chi connectivity index (χ0n) is 11.2. The minimum absolute atomic E-state index is 0.114. The molecule has 0 aliphatic carbocycles. The van der Waals surface area contributed by atoms with Gasteiger partial charge in [-0.2, -0.15) is 0 Å². The second-order valence-electron chi connectivity index (χ2n) is 4.00. The number of rotatable bonds is 5. The summed E-state index contributed by atoms with van der Waals surface area (Å²) >= 11 is 0. The molecule has 0 aromatic heterocycles. The van der Waals surface area contributed by atoms with Crippen molar-refractivity contribution in [2.24, 2.45) is 0 Å². The topological polar surface area (TPSA) is 70.2 Å². The molecule has 0 aliphatic heterocycles. The molecule has 1 unspecified atom stereocenters. The quantitative estimate of drug-likeness (QED) is 0.748. The van der Waals surface area contributed by atoms with Crippen LogP contribution < -0.4 is 16.0 Å². The van der Waals surface area contributed by atoms with Crippen molar-refractivity contribution in [3.05, 3.63) is 29.6 Å². The highest BCUT2D eigenvalue weighted by Gasteiger charge is 2.19. The van der Waals surface area contributed by atoms with E-state index in [0.717, 1.165) is 0 Å². The molecule has 0 aliphatic rings. The number of hydrogen-bond donors (Lipinski definition) is 3. The summed E-state index contributed by atoms with van der Waals surface area (Å²) in [5.74, 6) is -1.29. The third-order valence-corrected chi connectivity index (χ3v) is 2.60. The van der Waals surface area contributed by atoms with E-state index in [0.29, 0.717) is 6.54 Å². The molecule has 1 rings (SSSR count). The molecule has 0 fully saturated rings. The van der Waals surface area contributed by atoms with Crippen molar-refractivity contribution in [3.8, 4) is 0 Å². The van der Waals surface area contributed by atoms with Crippen molar-refractivity contribution < 1.29 is 14.0 Å². The van der Waals surface area contributed by atoms with Crippen LogP contribution in [0.3, 0.4) is 0 Å². The minimum Gasteiger partial charge on any atom is -0.385 e. The molecule has 0 radical (unpaired) electrons. The molecule has 104 valence electrons. The van der Waals surface area contributed by atoms with Crippen LogP contribution in [0.5, 0.6) is 0 Å². The molecule has 5 nitrogen and oxygen atoms in total. The number of carbonyl (C=O) groups excluding carboxylic acids is 2. The summed E-state index contributed by atoms with van der Waals surface area (Å²) in [7, 11) is 1.53. The molecule has 1 atom stereocenters. The Morgan fingerprint density at radius 1 is 1.37 bits per heavy atom. The first-order valence-electron chi connectivity index (χ1n) is 6.06. The van der Waals surface area contributed by atoms with Gasteiger partial charge < -0.3 is 16.0 Å². The number of carbonyl (C=O) groups is 2. The zero-order chi connectivity index (χ0) is 14.4. The van der Waals surface area contributed by atoms with Crippen LogP contribution in [0.25, 0.3) is 0 Å². The Hall–Kier alpha value is -2.11. The predicted octanol–water partition coefficient (Wildman–Crippen LogP) is 1.12. The standard InChI is InChI=1S/C13H18FN3O2/c1-4-16-12(18)8(2)17-13(19)9-6-5-7-10(14)11(9)15-3/h5-8,15H,4H2,1-3H3,(H,16,18)(H,17,19). The second-order valence-corrected chi connectivity index (χ2v) is 4.00. The molecular formula is C13H18FN3O2. The van der Waals surface area contributed by atoms with Crippen LogP contribution in [0.2, 0.25) is 0 Å². The minimum atomic E-state index is -0.680. The lowest BCUT2D eigenvalue weighted by molar-refractivity contribution is -0.122. The maximum atomic E-state index is 13.5. The first-order chi connectivity index (χ1) is 9.01. The van der Waals surface area contributed by atoms with Crippen LogP contribution in [0.1, 0.15) is 24.2 Å². The van der Waals surface area contributed by atoms with Gasteiger partial charge in [0.15, 0.2) is 0 Å². The fourth-order valence-corrected chi connectivity index (χ4v) is 1.63. The van der Waals surface area contributed by atoms with E-state index >= 15 is 0 Å². The lowest BCUT2D eigenvalue weighted by Crippen LogP contribution is -2.44. The zero-order valence-corrected chi connectivity index (χ0v) is 11.2. The van der Waals surface area contributed by atoms with Crippen molar-refractivity contribution in [1.29, 1.82) is 0 Å². The van der Waals surface area contributed by atoms with E-state index < -0.39 is 17.8 Å². The number of amides is 2. The molecule has 0 spiro atoms. The molecule has 0 saturated heterocycles. The van der Waals surface area contributed by atoms with E-state index in [1.807, 2.05) is 0 Å². The van der Waals surface area contributed by atoms with Crippen molar-refractivity contribution >= 4 is 17.5 Å². The van der Waals surface area contributed by atoms with Gasteiger partial charge in [0.1, 0.15) is 11.9 Å². The molecule has 0 saturated carbocycles. The van der Waals surface area contributed by atoms with Gasteiger partial charge in [0.2, 0.25) is 5.91 Å². The second kappa shape index (κ2) is 6.72. The first-order valence-corrected chi connectivity index (χ1v) is 6.06. The van der Waals surface area contributed by atoms with Crippen molar-refractivity contribution in [3.63, 3.8) is 0 Å². The molecule has 3 N–H and O–H groups in total. The average molecular weight is 267 g/mol. The van der Waals surface area contributed by atoms with Gasteiger partial charge in [-0.05, 0) is 26.0 Å². The highest BCUT2D eigenvalue weighted by Crippen LogP contribution is 2.19. The van der Waals surface area contributed by atoms with Crippen LogP contribution in [-0.2, 0) is 4.79 Å². The maximum Gasteiger partial charge on any atom is 0.254 e. The Morgan fingerprint density at radius 2 is 2.05 bits per heavy atom. The Balaban J connectivity index is 2.84. The van der Waals surface area contributed by atoms with Gasteiger partial charge in [-0.1, -0.05) is 6.07 Å². The fourth-order valence-electron chi connectivity index (χ4n) is 1.63. The van der Waals surface area contributed by atoms with Gasteiger partial charge in [-0.25, -0.2) is 4.39 Å². The molecule has 19 heavy (non-hydrogen) atoms. The number of likely N-dealkylation sites (N-methyl/N-ethyl adjacent to an activating group) is 1. The van der Waals surface area contributed by atoms with Crippen LogP contribution in [0.4, 0.5) is 10.1 Å². The summed E-state index contributed by atoms with van der Waals surface area (Å²) in [4.78, 5) is 23.5. The van der Waals surface area contributed by atoms with Crippen LogP contribution >= 0.6 is 0 Å². The van der Waals surface area contributed by atoms with Crippen LogP contribution in [-0.4, -0.2) is 31.4 Å². The van der Waals surface area contributed by atoms with Gasteiger partial charge in [0.25, 0.3) is 5.91 Å². The summed E-state index contributed by atoms with van der Waals surface area (Å²) in [5.41, 5.74) is 0.279. The summed E-state index contributed by atoms with van der Waals surface area (Å²) in [6.07, 6.45) is 0. The van der Waals surface area contributed by atoms with Crippen LogP contribution in [0, 0.1) is 5.82 Å². The fraction of sp³-hybridized carbons (Fsp3) is 0.385. The van der Waals surface area contributed by atoms with Gasteiger partial charge in [-0.15, -0.1) is 0 Å². The summed E-state index contributed by atoms with van der Waals surface area (Å²) in [6, 6.07) is 3.52. The Kier molecular flexibility index (Phi) is 5.29. The largest absolute Gasteiger partial charge is 0.385 e. The van der Waals surface area contributed by atoms with Gasteiger partial charge in [-0.3, -0.25) is 9.59 Å². The Labute approximate surface area is 111 Å². The lowest BCUT2D eigenvalue weighted by Gasteiger charge is -2.15. The number of benzene rings is 1. The maximum absolute atomic E-state index is 13.5. The van der Waals surface area contributed by atoms with E-state index in [1.165, 1.54) is 25.2 Å². The highest BCUT2D eigenvalue weighted by atomic mass is 19.1. The van der Waals surface area contributed by atoms with E-state index in [9.17, 15) is 14.0 Å². The first kappa shape index (κ1) is 14.9. The molecule has 0 heterocycles. The third-order valence-electron chi connectivity index (χ3n) is 2.60. The van der Waals surface area contributed by atoms with Crippen molar-refractivity contribution in [1.82, 2.24) is 10.6 Å². The lowest BCUT2D eigenvalue weighted by atomic mass is 10.1. The van der Waals surface area contributed by atoms with Gasteiger partial charge in [0, 0.05) is 13.6 Å². The molecule has 6 heteroatoms. The summed E-state index contributed by atoms with van der Waals surface area (Å²) in [6.45, 7) is 3.85. The monoisotopic (exact) mass is 267 g/mol. The number of para-hydroxylation sites is 1.